The van der Waals surface area contributed by atoms with E-state index >= 15 is 0 Å². The molecule has 2 aromatic rings. The Kier molecular flexibility index (Phi) is 9.25. The van der Waals surface area contributed by atoms with E-state index < -0.39 is 8.80 Å². The molecule has 0 amide bonds. The van der Waals surface area contributed by atoms with Crippen molar-refractivity contribution >= 4 is 38.0 Å². The molecule has 0 spiro atoms. The highest BCUT2D eigenvalue weighted by Gasteiger charge is 2.23. The van der Waals surface area contributed by atoms with Gasteiger partial charge in [-0.15, -0.1) is 0 Å². The molecule has 0 saturated carbocycles. The summed E-state index contributed by atoms with van der Waals surface area (Å²) in [5.74, 6) is 0.635. The minimum Gasteiger partial charge on any atom is -0.423 e. The molecule has 0 bridgehead atoms. The number of hydrogen-bond acceptors (Lipinski definition) is 3. The highest BCUT2D eigenvalue weighted by Crippen LogP contribution is 2.35. The third kappa shape index (κ3) is 6.84. The van der Waals surface area contributed by atoms with Crippen LogP contribution in [0.4, 0.5) is 0 Å². The van der Waals surface area contributed by atoms with Gasteiger partial charge in [-0.25, -0.2) is 4.79 Å². The third-order valence-electron chi connectivity index (χ3n) is 6.03. The van der Waals surface area contributed by atoms with Crippen LogP contribution in [0.2, 0.25) is 28.2 Å². The smallest absolute Gasteiger partial charge is 0.343 e. The van der Waals surface area contributed by atoms with Crippen LogP contribution in [0.3, 0.4) is 0 Å². The lowest BCUT2D eigenvalue weighted by Crippen LogP contribution is -2.20. The van der Waals surface area contributed by atoms with Gasteiger partial charge < -0.3 is 9.47 Å². The lowest BCUT2D eigenvalue weighted by Gasteiger charge is -2.28. The summed E-state index contributed by atoms with van der Waals surface area (Å²) >= 11 is 11.9. The fraction of sp³-hybridized carbons (Fsp3) is 0.458. The van der Waals surface area contributed by atoms with Gasteiger partial charge in [0.1, 0.15) is 5.75 Å². The van der Waals surface area contributed by atoms with Gasteiger partial charge in [0.2, 0.25) is 0 Å². The average molecular weight is 465 g/mol. The van der Waals surface area contributed by atoms with E-state index in [1.807, 2.05) is 12.1 Å². The van der Waals surface area contributed by atoms with Crippen LogP contribution in [0.5, 0.6) is 5.75 Å². The van der Waals surface area contributed by atoms with Crippen LogP contribution < -0.4 is 4.74 Å². The maximum Gasteiger partial charge on any atom is 0.343 e. The van der Waals surface area contributed by atoms with Crippen LogP contribution >= 0.6 is 23.2 Å². The van der Waals surface area contributed by atoms with Gasteiger partial charge in [0.05, 0.1) is 15.6 Å². The van der Waals surface area contributed by atoms with Gasteiger partial charge in [-0.1, -0.05) is 66.3 Å². The predicted molar refractivity (Wildman–Crippen MR) is 127 cm³/mol. The summed E-state index contributed by atoms with van der Waals surface area (Å²) in [6, 6.07) is 17.1. The number of carbonyl (C=O) groups excluding carboxylic acids is 1. The van der Waals surface area contributed by atoms with Crippen molar-refractivity contribution in [1.29, 1.82) is 0 Å². The number of rotatable bonds is 9. The lowest BCUT2D eigenvalue weighted by molar-refractivity contribution is 0.0735. The van der Waals surface area contributed by atoms with Crippen molar-refractivity contribution in [2.45, 2.75) is 56.2 Å². The Labute approximate surface area is 191 Å². The number of ether oxygens (including phenoxy) is 2. The third-order valence-corrected chi connectivity index (χ3v) is 10.3. The first-order chi connectivity index (χ1) is 14.6. The Balaban J connectivity index is 1.46. The summed E-state index contributed by atoms with van der Waals surface area (Å²) in [7, 11) is 1.23. The molecule has 0 atom stereocenters. The van der Waals surface area contributed by atoms with Gasteiger partial charge in [0.15, 0.2) is 0 Å². The first-order valence-electron chi connectivity index (χ1n) is 10.8. The molecule has 1 saturated heterocycles. The standard InChI is InChI=1S/C24H30Cl2O3Si/c1-28-13-3-2-4-14-30-15-11-19(12-16-30)18-5-7-20(8-6-18)24(27)29-21-9-10-22(25)23(26)17-21/h5-10,17,19,30H,2-4,11-16H2,1H3/t19-,30-. The van der Waals surface area contributed by atoms with E-state index in [0.717, 1.165) is 6.61 Å². The van der Waals surface area contributed by atoms with E-state index in [2.05, 4.69) is 12.1 Å². The van der Waals surface area contributed by atoms with Crippen molar-refractivity contribution in [1.82, 2.24) is 0 Å². The molecule has 162 valence electrons. The van der Waals surface area contributed by atoms with Crippen LogP contribution in [-0.2, 0) is 4.74 Å². The molecular weight excluding hydrogens is 435 g/mol. The Bertz CT molecular complexity index is 818. The summed E-state index contributed by atoms with van der Waals surface area (Å²) in [6.45, 7) is 0.894. The van der Waals surface area contributed by atoms with Crippen molar-refractivity contribution in [2.24, 2.45) is 0 Å². The fourth-order valence-corrected chi connectivity index (χ4v) is 8.01. The molecule has 0 unspecified atom stereocenters. The van der Waals surface area contributed by atoms with Crippen LogP contribution in [0.15, 0.2) is 42.5 Å². The summed E-state index contributed by atoms with van der Waals surface area (Å²) in [5, 5.41) is 0.802. The zero-order chi connectivity index (χ0) is 21.3. The maximum atomic E-state index is 12.4. The number of benzene rings is 2. The Morgan fingerprint density at radius 2 is 1.73 bits per heavy atom. The Morgan fingerprint density at radius 1 is 1.00 bits per heavy atom. The monoisotopic (exact) mass is 464 g/mol. The lowest BCUT2D eigenvalue weighted by atomic mass is 9.93. The Hall–Kier alpha value is -1.33. The van der Waals surface area contributed by atoms with E-state index in [-0.39, 0.29) is 5.97 Å². The number of methoxy groups -OCH3 is 1. The van der Waals surface area contributed by atoms with Gasteiger partial charge >= 0.3 is 5.97 Å². The van der Waals surface area contributed by atoms with Gasteiger partial charge in [-0.2, -0.15) is 0 Å². The molecule has 0 N–H and O–H groups in total. The second-order valence-corrected chi connectivity index (χ2v) is 12.4. The predicted octanol–water partition coefficient (Wildman–Crippen LogP) is 7.13. The number of hydrogen-bond donors (Lipinski definition) is 0. The molecular formula is C24H30Cl2O3Si. The zero-order valence-electron chi connectivity index (χ0n) is 17.5. The summed E-state index contributed by atoms with van der Waals surface area (Å²) in [5.41, 5.74) is 1.89. The molecule has 30 heavy (non-hydrogen) atoms. The molecule has 1 heterocycles. The quantitative estimate of drug-likeness (QED) is 0.171. The molecule has 3 nitrogen and oxygen atoms in total. The van der Waals surface area contributed by atoms with Crippen molar-refractivity contribution in [3.05, 3.63) is 63.6 Å². The molecule has 0 radical (unpaired) electrons. The van der Waals surface area contributed by atoms with Gasteiger partial charge in [-0.3, -0.25) is 0 Å². The molecule has 1 aliphatic heterocycles. The number of halogens is 2. The van der Waals surface area contributed by atoms with E-state index in [0.29, 0.717) is 27.3 Å². The van der Waals surface area contributed by atoms with Crippen molar-refractivity contribution in [3.63, 3.8) is 0 Å². The Morgan fingerprint density at radius 3 is 2.40 bits per heavy atom. The second kappa shape index (κ2) is 11.9. The van der Waals surface area contributed by atoms with Crippen LogP contribution in [0, 0.1) is 0 Å². The van der Waals surface area contributed by atoms with Crippen LogP contribution in [0.25, 0.3) is 0 Å². The second-order valence-electron chi connectivity index (χ2n) is 8.15. The maximum absolute atomic E-state index is 12.4. The van der Waals surface area contributed by atoms with E-state index in [1.165, 1.54) is 55.8 Å². The first kappa shape index (κ1) is 23.3. The first-order valence-corrected chi connectivity index (χ1v) is 14.0. The zero-order valence-corrected chi connectivity index (χ0v) is 20.2. The van der Waals surface area contributed by atoms with Crippen LogP contribution in [0.1, 0.15) is 53.9 Å². The summed E-state index contributed by atoms with van der Waals surface area (Å²) < 4.78 is 10.5. The molecule has 2 aromatic carbocycles. The molecule has 1 aliphatic rings. The normalized spacial score (nSPS) is 18.9. The number of carbonyl (C=O) groups is 1. The molecule has 6 heteroatoms. The van der Waals surface area contributed by atoms with Crippen molar-refractivity contribution < 1.29 is 14.3 Å². The molecule has 0 aromatic heterocycles. The SMILES string of the molecule is COCCCCC[Si@H]1CC[C@H](c2ccc(C(=O)Oc3ccc(Cl)c(Cl)c3)cc2)CC1. The summed E-state index contributed by atoms with van der Waals surface area (Å²) in [4.78, 5) is 12.4. The highest BCUT2D eigenvalue weighted by molar-refractivity contribution is 6.59. The van der Waals surface area contributed by atoms with Crippen molar-refractivity contribution in [3.8, 4) is 5.75 Å². The van der Waals surface area contributed by atoms with E-state index in [4.69, 9.17) is 32.7 Å². The van der Waals surface area contributed by atoms with Crippen LogP contribution in [-0.4, -0.2) is 28.5 Å². The minimum absolute atomic E-state index is 0.367. The highest BCUT2D eigenvalue weighted by atomic mass is 35.5. The number of unbranched alkanes of at least 4 members (excludes halogenated alkanes) is 2. The van der Waals surface area contributed by atoms with E-state index in [9.17, 15) is 4.79 Å². The fourth-order valence-electron chi connectivity index (χ4n) is 4.24. The largest absolute Gasteiger partial charge is 0.423 e. The van der Waals surface area contributed by atoms with Gasteiger partial charge in [0, 0.05) is 28.6 Å². The number of esters is 1. The topological polar surface area (TPSA) is 35.5 Å². The summed E-state index contributed by atoms with van der Waals surface area (Å²) in [6.07, 6.45) is 6.46. The van der Waals surface area contributed by atoms with Gasteiger partial charge in [0.25, 0.3) is 0 Å². The van der Waals surface area contributed by atoms with Gasteiger partial charge in [-0.05, 0) is 55.0 Å². The van der Waals surface area contributed by atoms with E-state index in [1.54, 1.807) is 25.3 Å². The average Bonchev–Trinajstić information content (AvgIpc) is 2.77. The molecule has 1 fully saturated rings. The molecule has 3 rings (SSSR count). The minimum atomic E-state index is -0.549. The van der Waals surface area contributed by atoms with Crippen molar-refractivity contribution in [2.75, 3.05) is 13.7 Å². The molecule has 0 aliphatic carbocycles.